The highest BCUT2D eigenvalue weighted by molar-refractivity contribution is 6.34. The van der Waals surface area contributed by atoms with Gasteiger partial charge in [0.25, 0.3) is 0 Å². The van der Waals surface area contributed by atoms with Gasteiger partial charge in [0.2, 0.25) is 5.88 Å². The summed E-state index contributed by atoms with van der Waals surface area (Å²) in [7, 11) is 0. The first-order valence-electron chi connectivity index (χ1n) is 10.0. The number of hydrogen-bond donors (Lipinski definition) is 1. The van der Waals surface area contributed by atoms with E-state index >= 15 is 0 Å². The van der Waals surface area contributed by atoms with Crippen LogP contribution in [0.2, 0.25) is 10.0 Å². The number of nitrogens with one attached hydrogen (secondary N) is 1. The normalized spacial score (nSPS) is 11.9. The first kappa shape index (κ1) is 27.0. The van der Waals surface area contributed by atoms with Gasteiger partial charge in [-0.05, 0) is 37.1 Å². The average molecular weight is 522 g/mol. The van der Waals surface area contributed by atoms with Gasteiger partial charge < -0.3 is 10.1 Å². The molecule has 0 amide bonds. The van der Waals surface area contributed by atoms with E-state index < -0.39 is 11.7 Å². The Morgan fingerprint density at radius 3 is 2.30 bits per heavy atom. The molecule has 0 aliphatic carbocycles. The van der Waals surface area contributed by atoms with Crippen molar-refractivity contribution in [1.82, 2.24) is 15.0 Å². The molecule has 1 atom stereocenters. The number of pyridine rings is 1. The quantitative estimate of drug-likeness (QED) is 0.319. The van der Waals surface area contributed by atoms with E-state index in [1.165, 1.54) is 6.33 Å². The zero-order valence-corrected chi connectivity index (χ0v) is 20.3. The second-order valence-electron chi connectivity index (χ2n) is 6.47. The second-order valence-corrected chi connectivity index (χ2v) is 7.91. The third kappa shape index (κ3) is 7.62. The van der Waals surface area contributed by atoms with Gasteiger partial charge in [-0.1, -0.05) is 49.2 Å². The number of rotatable bonds is 7. The van der Waals surface area contributed by atoms with Crippen LogP contribution in [0.25, 0.3) is 0 Å². The van der Waals surface area contributed by atoms with Crippen molar-refractivity contribution in [3.63, 3.8) is 0 Å². The minimum atomic E-state index is -4.52. The van der Waals surface area contributed by atoms with Crippen LogP contribution in [0, 0.1) is 0 Å². The number of anilines is 1. The summed E-state index contributed by atoms with van der Waals surface area (Å²) >= 11 is 18.2. The molecule has 1 N–H and O–H groups in total. The molecule has 11 heteroatoms. The highest BCUT2D eigenvalue weighted by atomic mass is 35.5. The number of nitrogens with zero attached hydrogens (tertiary/aromatic N) is 3. The van der Waals surface area contributed by atoms with E-state index in [4.69, 9.17) is 39.5 Å². The second kappa shape index (κ2) is 12.3. The molecule has 1 aromatic carbocycles. The third-order valence-electron chi connectivity index (χ3n) is 4.17. The predicted octanol–water partition coefficient (Wildman–Crippen LogP) is 7.97. The van der Waals surface area contributed by atoms with Crippen molar-refractivity contribution in [2.75, 3.05) is 11.9 Å². The molecule has 2 heterocycles. The molecule has 0 radical (unpaired) electrons. The Hall–Kier alpha value is -2.29. The molecular weight excluding hydrogens is 500 g/mol. The summed E-state index contributed by atoms with van der Waals surface area (Å²) in [5.74, 6) is 0.791. The van der Waals surface area contributed by atoms with Crippen LogP contribution in [0.3, 0.4) is 0 Å². The van der Waals surface area contributed by atoms with Gasteiger partial charge >= 0.3 is 6.18 Å². The molecule has 1 unspecified atom stereocenters. The van der Waals surface area contributed by atoms with Crippen molar-refractivity contribution in [2.24, 2.45) is 0 Å². The lowest BCUT2D eigenvalue weighted by molar-refractivity contribution is -0.137. The number of alkyl halides is 4. The molecule has 33 heavy (non-hydrogen) atoms. The zero-order valence-electron chi connectivity index (χ0n) is 18.1. The van der Waals surface area contributed by atoms with E-state index in [0.29, 0.717) is 41.4 Å². The number of aromatic nitrogens is 3. The van der Waals surface area contributed by atoms with Gasteiger partial charge in [0.15, 0.2) is 0 Å². The van der Waals surface area contributed by atoms with E-state index in [1.54, 1.807) is 19.1 Å². The van der Waals surface area contributed by atoms with Crippen LogP contribution in [0.1, 0.15) is 43.0 Å². The van der Waals surface area contributed by atoms with E-state index in [2.05, 4.69) is 20.3 Å². The van der Waals surface area contributed by atoms with Crippen LogP contribution in [0.4, 0.5) is 19.0 Å². The fraction of sp³-hybridized carbons (Fsp3) is 0.318. The SMILES string of the molecule is CC.CC(Cl)c1ncnc(NCCc2ccc(Oc3ncc(C(F)(F)F)cc3Cl)cc2)c1Cl. The van der Waals surface area contributed by atoms with Crippen LogP contribution >= 0.6 is 34.8 Å². The predicted molar refractivity (Wildman–Crippen MR) is 126 cm³/mol. The van der Waals surface area contributed by atoms with Gasteiger partial charge in [-0.25, -0.2) is 15.0 Å². The van der Waals surface area contributed by atoms with Crippen LogP contribution < -0.4 is 10.1 Å². The lowest BCUT2D eigenvalue weighted by Crippen LogP contribution is -2.08. The molecule has 0 saturated carbocycles. The molecule has 0 aliphatic rings. The molecule has 0 aliphatic heterocycles. The van der Waals surface area contributed by atoms with E-state index in [1.807, 2.05) is 26.0 Å². The Morgan fingerprint density at radius 1 is 1.06 bits per heavy atom. The Kier molecular flexibility index (Phi) is 10.0. The molecule has 2 aromatic heterocycles. The number of benzene rings is 1. The van der Waals surface area contributed by atoms with E-state index in [0.717, 1.165) is 11.6 Å². The molecule has 3 aromatic rings. The summed E-state index contributed by atoms with van der Waals surface area (Å²) < 4.78 is 43.6. The summed E-state index contributed by atoms with van der Waals surface area (Å²) in [5, 5.41) is 2.96. The highest BCUT2D eigenvalue weighted by Crippen LogP contribution is 2.34. The third-order valence-corrected chi connectivity index (χ3v) is 5.02. The molecule has 0 fully saturated rings. The molecule has 0 spiro atoms. The maximum Gasteiger partial charge on any atom is 0.417 e. The average Bonchev–Trinajstić information content (AvgIpc) is 2.78. The van der Waals surface area contributed by atoms with Crippen molar-refractivity contribution >= 4 is 40.6 Å². The van der Waals surface area contributed by atoms with Crippen LogP contribution in [-0.4, -0.2) is 21.5 Å². The van der Waals surface area contributed by atoms with Gasteiger partial charge in [-0.3, -0.25) is 0 Å². The first-order chi connectivity index (χ1) is 15.6. The lowest BCUT2D eigenvalue weighted by atomic mass is 10.1. The van der Waals surface area contributed by atoms with Gasteiger partial charge in [0.1, 0.15) is 27.9 Å². The van der Waals surface area contributed by atoms with E-state index in [-0.39, 0.29) is 16.3 Å². The lowest BCUT2D eigenvalue weighted by Gasteiger charge is -2.12. The van der Waals surface area contributed by atoms with Crippen LogP contribution in [-0.2, 0) is 12.6 Å². The zero-order chi connectivity index (χ0) is 24.6. The van der Waals surface area contributed by atoms with Crippen molar-refractivity contribution in [1.29, 1.82) is 0 Å². The summed E-state index contributed by atoms with van der Waals surface area (Å²) in [6, 6.07) is 7.77. The van der Waals surface area contributed by atoms with Gasteiger partial charge in [-0.2, -0.15) is 13.2 Å². The number of hydrogen-bond acceptors (Lipinski definition) is 5. The van der Waals surface area contributed by atoms with Crippen LogP contribution in [0.5, 0.6) is 11.6 Å². The van der Waals surface area contributed by atoms with E-state index in [9.17, 15) is 13.2 Å². The Labute approximate surface area is 205 Å². The summed E-state index contributed by atoms with van der Waals surface area (Å²) in [4.78, 5) is 11.8. The minimum Gasteiger partial charge on any atom is -0.438 e. The standard InChI is InChI=1S/C20H16Cl3F3N4O.C2H6/c1-11(21)17-16(23)18(30-10-29-17)27-7-6-12-2-4-14(5-3-12)31-19-15(22)8-13(9-28-19)20(24,25)26;1-2/h2-5,8-11H,6-7H2,1H3,(H,27,29,30);1-2H3. The van der Waals surface area contributed by atoms with Gasteiger partial charge in [0, 0.05) is 12.7 Å². The Balaban J connectivity index is 0.00000187. The highest BCUT2D eigenvalue weighted by Gasteiger charge is 2.31. The van der Waals surface area contributed by atoms with Crippen molar-refractivity contribution in [3.8, 4) is 11.6 Å². The van der Waals surface area contributed by atoms with Crippen LogP contribution in [0.15, 0.2) is 42.9 Å². The molecule has 0 saturated heterocycles. The largest absolute Gasteiger partial charge is 0.438 e. The molecule has 0 bridgehead atoms. The summed E-state index contributed by atoms with van der Waals surface area (Å²) in [5.41, 5.74) is 0.601. The Morgan fingerprint density at radius 2 is 1.73 bits per heavy atom. The molecular formula is C22H22Cl3F3N4O. The maximum absolute atomic E-state index is 12.7. The topological polar surface area (TPSA) is 59.9 Å². The van der Waals surface area contributed by atoms with Crippen molar-refractivity contribution in [3.05, 3.63) is 69.7 Å². The van der Waals surface area contributed by atoms with Crippen molar-refractivity contribution in [2.45, 2.75) is 38.7 Å². The van der Waals surface area contributed by atoms with Crippen molar-refractivity contribution < 1.29 is 17.9 Å². The molecule has 5 nitrogen and oxygen atoms in total. The molecule has 3 rings (SSSR count). The fourth-order valence-corrected chi connectivity index (χ4v) is 3.35. The maximum atomic E-state index is 12.7. The number of ether oxygens (including phenoxy) is 1. The molecule has 178 valence electrons. The summed E-state index contributed by atoms with van der Waals surface area (Å²) in [6.07, 6.45) is -1.79. The van der Waals surface area contributed by atoms with Gasteiger partial charge in [0.05, 0.1) is 16.6 Å². The summed E-state index contributed by atoms with van der Waals surface area (Å²) in [6.45, 7) is 6.33. The fourth-order valence-electron chi connectivity index (χ4n) is 2.60. The van der Waals surface area contributed by atoms with Gasteiger partial charge in [-0.15, -0.1) is 11.6 Å². The Bertz CT molecular complexity index is 1050. The minimum absolute atomic E-state index is 0.105. The first-order valence-corrected chi connectivity index (χ1v) is 11.2. The smallest absolute Gasteiger partial charge is 0.417 e. The number of halogens is 6. The monoisotopic (exact) mass is 520 g/mol.